The molecule has 1 N–H and O–H groups in total. The van der Waals surface area contributed by atoms with Crippen LogP contribution in [0.2, 0.25) is 0 Å². The van der Waals surface area contributed by atoms with Gasteiger partial charge in [-0.3, -0.25) is 4.79 Å². The number of carboxylic acid groups (broad SMARTS) is 1. The lowest BCUT2D eigenvalue weighted by atomic mass is 10.3. The van der Waals surface area contributed by atoms with Crippen LogP contribution in [0.3, 0.4) is 0 Å². The zero-order valence-electron chi connectivity index (χ0n) is 13.1. The highest BCUT2D eigenvalue weighted by molar-refractivity contribution is 7.09. The third-order valence-electron chi connectivity index (χ3n) is 3.73. The number of nitrogens with zero attached hydrogens (tertiary/aromatic N) is 3. The zero-order chi connectivity index (χ0) is 17.1. The predicted octanol–water partition coefficient (Wildman–Crippen LogP) is 1.98. The van der Waals surface area contributed by atoms with Crippen LogP contribution in [0.15, 0.2) is 23.6 Å². The van der Waals surface area contributed by atoms with E-state index >= 15 is 0 Å². The standard InChI is InChI=1S/C16H17N3O4S/c1-10-9-24-14(17-10)8-23-11-5-6-19(7-11)15(20)12-3-2-4-13(18-12)16(21)22/h2-4,9,11H,5-8H2,1H3,(H,21,22). The summed E-state index contributed by atoms with van der Waals surface area (Å²) < 4.78 is 5.82. The van der Waals surface area contributed by atoms with Crippen molar-refractivity contribution < 1.29 is 19.4 Å². The number of aryl methyl sites for hydroxylation is 1. The molecule has 1 aliphatic heterocycles. The van der Waals surface area contributed by atoms with E-state index in [0.29, 0.717) is 19.7 Å². The Balaban J connectivity index is 1.57. The molecule has 1 amide bonds. The molecule has 0 aromatic carbocycles. The van der Waals surface area contributed by atoms with Crippen molar-refractivity contribution in [1.82, 2.24) is 14.9 Å². The van der Waals surface area contributed by atoms with Crippen LogP contribution in [-0.4, -0.2) is 51.0 Å². The van der Waals surface area contributed by atoms with Crippen molar-refractivity contribution in [3.8, 4) is 0 Å². The van der Waals surface area contributed by atoms with Crippen LogP contribution in [0.4, 0.5) is 0 Å². The minimum Gasteiger partial charge on any atom is -0.477 e. The van der Waals surface area contributed by atoms with E-state index < -0.39 is 5.97 Å². The average Bonchev–Trinajstić information content (AvgIpc) is 3.21. The normalized spacial score (nSPS) is 17.2. The lowest BCUT2D eigenvalue weighted by molar-refractivity contribution is 0.0435. The highest BCUT2D eigenvalue weighted by Crippen LogP contribution is 2.18. The first-order valence-corrected chi connectivity index (χ1v) is 8.43. The van der Waals surface area contributed by atoms with Gasteiger partial charge in [-0.25, -0.2) is 14.8 Å². The van der Waals surface area contributed by atoms with Crippen molar-refractivity contribution in [2.45, 2.75) is 26.1 Å². The molecule has 0 radical (unpaired) electrons. The van der Waals surface area contributed by atoms with Gasteiger partial charge in [0.2, 0.25) is 0 Å². The Morgan fingerprint density at radius 1 is 1.38 bits per heavy atom. The minimum absolute atomic E-state index is 0.0409. The number of rotatable bonds is 5. The number of amides is 1. The van der Waals surface area contributed by atoms with E-state index in [4.69, 9.17) is 9.84 Å². The van der Waals surface area contributed by atoms with Gasteiger partial charge in [-0.15, -0.1) is 11.3 Å². The predicted molar refractivity (Wildman–Crippen MR) is 87.1 cm³/mol. The van der Waals surface area contributed by atoms with Crippen LogP contribution >= 0.6 is 11.3 Å². The van der Waals surface area contributed by atoms with Gasteiger partial charge in [-0.1, -0.05) is 6.07 Å². The van der Waals surface area contributed by atoms with Gasteiger partial charge in [0.1, 0.15) is 16.4 Å². The smallest absolute Gasteiger partial charge is 0.354 e. The molecule has 3 rings (SSSR count). The molecule has 0 spiro atoms. The number of aromatic carboxylic acids is 1. The Labute approximate surface area is 142 Å². The van der Waals surface area contributed by atoms with E-state index in [2.05, 4.69) is 9.97 Å². The first-order valence-electron chi connectivity index (χ1n) is 7.55. The summed E-state index contributed by atoms with van der Waals surface area (Å²) in [5.41, 5.74) is 0.990. The Hall–Kier alpha value is -2.32. The summed E-state index contributed by atoms with van der Waals surface area (Å²) in [5.74, 6) is -1.42. The van der Waals surface area contributed by atoms with Crippen LogP contribution in [-0.2, 0) is 11.3 Å². The molecule has 126 valence electrons. The average molecular weight is 347 g/mol. The Morgan fingerprint density at radius 2 is 2.17 bits per heavy atom. The molecule has 1 saturated heterocycles. The van der Waals surface area contributed by atoms with Gasteiger partial charge in [0.05, 0.1) is 12.7 Å². The molecule has 2 aromatic rings. The second-order valence-corrected chi connectivity index (χ2v) is 6.51. The number of carboxylic acids is 1. The molecule has 2 aromatic heterocycles. The van der Waals surface area contributed by atoms with E-state index in [-0.39, 0.29) is 23.4 Å². The van der Waals surface area contributed by atoms with Crippen molar-refractivity contribution in [3.63, 3.8) is 0 Å². The van der Waals surface area contributed by atoms with Gasteiger partial charge in [0, 0.05) is 24.2 Å². The van der Waals surface area contributed by atoms with Crippen LogP contribution in [0.5, 0.6) is 0 Å². The summed E-state index contributed by atoms with van der Waals surface area (Å²) in [6.45, 7) is 3.42. The molecule has 0 aliphatic carbocycles. The van der Waals surface area contributed by atoms with E-state index in [1.807, 2.05) is 12.3 Å². The number of carbonyl (C=O) groups is 2. The molecular formula is C16H17N3O4S. The van der Waals surface area contributed by atoms with Crippen LogP contribution in [0.25, 0.3) is 0 Å². The monoisotopic (exact) mass is 347 g/mol. The highest BCUT2D eigenvalue weighted by Gasteiger charge is 2.28. The zero-order valence-corrected chi connectivity index (χ0v) is 14.0. The molecule has 1 atom stereocenters. The van der Waals surface area contributed by atoms with Gasteiger partial charge in [-0.05, 0) is 25.5 Å². The SMILES string of the molecule is Cc1csc(COC2CCN(C(=O)c3cccc(C(=O)O)n3)C2)n1. The number of thiazole rings is 1. The van der Waals surface area contributed by atoms with Crippen molar-refractivity contribution in [2.75, 3.05) is 13.1 Å². The molecule has 8 heteroatoms. The van der Waals surface area contributed by atoms with E-state index in [9.17, 15) is 9.59 Å². The van der Waals surface area contributed by atoms with Crippen LogP contribution < -0.4 is 0 Å². The van der Waals surface area contributed by atoms with Crippen molar-refractivity contribution in [3.05, 3.63) is 45.7 Å². The summed E-state index contributed by atoms with van der Waals surface area (Å²) in [6, 6.07) is 4.42. The molecule has 7 nitrogen and oxygen atoms in total. The molecule has 24 heavy (non-hydrogen) atoms. The van der Waals surface area contributed by atoms with Crippen LogP contribution in [0.1, 0.15) is 38.1 Å². The molecule has 1 aliphatic rings. The van der Waals surface area contributed by atoms with Crippen molar-refractivity contribution >= 4 is 23.2 Å². The van der Waals surface area contributed by atoms with Gasteiger partial charge in [0.25, 0.3) is 5.91 Å². The first kappa shape index (κ1) is 16.5. The van der Waals surface area contributed by atoms with Gasteiger partial charge >= 0.3 is 5.97 Å². The highest BCUT2D eigenvalue weighted by atomic mass is 32.1. The number of hydrogen-bond donors (Lipinski definition) is 1. The molecule has 3 heterocycles. The summed E-state index contributed by atoms with van der Waals surface area (Å²) in [6.07, 6.45) is 0.704. The van der Waals surface area contributed by atoms with Gasteiger partial charge in [-0.2, -0.15) is 0 Å². The largest absolute Gasteiger partial charge is 0.477 e. The summed E-state index contributed by atoms with van der Waals surface area (Å²) >= 11 is 1.56. The van der Waals surface area contributed by atoms with E-state index in [1.165, 1.54) is 18.2 Å². The number of hydrogen-bond acceptors (Lipinski definition) is 6. The minimum atomic E-state index is -1.15. The number of carbonyl (C=O) groups excluding carboxylic acids is 1. The Bertz CT molecular complexity index is 761. The maximum Gasteiger partial charge on any atom is 0.354 e. The van der Waals surface area contributed by atoms with Crippen molar-refractivity contribution in [2.24, 2.45) is 0 Å². The number of likely N-dealkylation sites (tertiary alicyclic amines) is 1. The second kappa shape index (κ2) is 7.06. The molecular weight excluding hydrogens is 330 g/mol. The Morgan fingerprint density at radius 3 is 2.88 bits per heavy atom. The molecule has 1 fully saturated rings. The van der Waals surface area contributed by atoms with E-state index in [1.54, 1.807) is 16.2 Å². The number of pyridine rings is 1. The summed E-state index contributed by atoms with van der Waals surface area (Å²) in [7, 11) is 0. The quantitative estimate of drug-likeness (QED) is 0.889. The molecule has 0 bridgehead atoms. The second-order valence-electron chi connectivity index (χ2n) is 5.57. The molecule has 1 unspecified atom stereocenters. The van der Waals surface area contributed by atoms with E-state index in [0.717, 1.165) is 17.1 Å². The third kappa shape index (κ3) is 3.77. The topological polar surface area (TPSA) is 92.6 Å². The number of ether oxygens (including phenoxy) is 1. The Kier molecular flexibility index (Phi) is 4.86. The summed E-state index contributed by atoms with van der Waals surface area (Å²) in [4.78, 5) is 33.3. The number of aromatic nitrogens is 2. The van der Waals surface area contributed by atoms with Crippen molar-refractivity contribution in [1.29, 1.82) is 0 Å². The fourth-order valence-corrected chi connectivity index (χ4v) is 3.23. The first-order chi connectivity index (χ1) is 11.5. The van der Waals surface area contributed by atoms with Crippen LogP contribution in [0, 0.1) is 6.92 Å². The van der Waals surface area contributed by atoms with Gasteiger partial charge < -0.3 is 14.7 Å². The van der Waals surface area contributed by atoms with Gasteiger partial charge in [0.15, 0.2) is 0 Å². The summed E-state index contributed by atoms with van der Waals surface area (Å²) in [5, 5.41) is 11.9. The maximum absolute atomic E-state index is 12.4. The molecule has 0 saturated carbocycles. The maximum atomic E-state index is 12.4. The lowest BCUT2D eigenvalue weighted by Gasteiger charge is -2.16. The fraction of sp³-hybridized carbons (Fsp3) is 0.375. The third-order valence-corrected chi connectivity index (χ3v) is 4.67. The lowest BCUT2D eigenvalue weighted by Crippen LogP contribution is -2.31. The fourth-order valence-electron chi connectivity index (χ4n) is 2.54.